The molecule has 1 N–H and O–H groups in total. The van der Waals surface area contributed by atoms with Crippen LogP contribution in [0.2, 0.25) is 5.02 Å². The van der Waals surface area contributed by atoms with Gasteiger partial charge in [-0.3, -0.25) is 0 Å². The van der Waals surface area contributed by atoms with Gasteiger partial charge in [-0.1, -0.05) is 27.5 Å². The highest BCUT2D eigenvalue weighted by molar-refractivity contribution is 9.10. The van der Waals surface area contributed by atoms with Crippen LogP contribution in [0.15, 0.2) is 34.2 Å². The Morgan fingerprint density at radius 3 is 3.06 bits per heavy atom. The zero-order valence-electron chi connectivity index (χ0n) is 9.12. The van der Waals surface area contributed by atoms with E-state index in [1.165, 1.54) is 10.6 Å². The molecule has 1 aromatic carbocycles. The van der Waals surface area contributed by atoms with Crippen LogP contribution in [0.3, 0.4) is 0 Å². The normalized spacial score (nSPS) is 10.7. The maximum atomic E-state index is 5.95. The number of hydrogen-bond donors (Lipinski definition) is 1. The minimum absolute atomic E-state index is 0.768. The minimum atomic E-state index is 0.768. The summed E-state index contributed by atoms with van der Waals surface area (Å²) in [4.78, 5) is 4.24. The van der Waals surface area contributed by atoms with Gasteiger partial charge in [0.25, 0.3) is 0 Å². The van der Waals surface area contributed by atoms with E-state index in [1.807, 2.05) is 29.8 Å². The lowest BCUT2D eigenvalue weighted by Crippen LogP contribution is -2.16. The van der Waals surface area contributed by atoms with Crippen molar-refractivity contribution in [3.05, 3.63) is 49.8 Å². The topological polar surface area (TPSA) is 24.9 Å². The van der Waals surface area contributed by atoms with Crippen molar-refractivity contribution in [2.24, 2.45) is 0 Å². The largest absolute Gasteiger partial charge is 0.312 e. The van der Waals surface area contributed by atoms with Gasteiger partial charge in [0, 0.05) is 40.6 Å². The molecule has 90 valence electrons. The second kappa shape index (κ2) is 6.50. The molecule has 0 aliphatic rings. The van der Waals surface area contributed by atoms with Gasteiger partial charge in [0.05, 0.1) is 5.01 Å². The molecule has 0 fully saturated rings. The summed E-state index contributed by atoms with van der Waals surface area (Å²) in [6.07, 6.45) is 2.81. The van der Waals surface area contributed by atoms with Crippen LogP contribution >= 0.6 is 38.9 Å². The molecule has 17 heavy (non-hydrogen) atoms. The van der Waals surface area contributed by atoms with Crippen LogP contribution in [-0.2, 0) is 13.0 Å². The molecule has 0 unspecified atom stereocenters. The van der Waals surface area contributed by atoms with Crippen molar-refractivity contribution in [3.8, 4) is 0 Å². The van der Waals surface area contributed by atoms with E-state index >= 15 is 0 Å². The first kappa shape index (κ1) is 13.0. The molecule has 0 saturated heterocycles. The third-order valence-corrected chi connectivity index (χ3v) is 4.17. The van der Waals surface area contributed by atoms with Gasteiger partial charge in [0.2, 0.25) is 0 Å². The van der Waals surface area contributed by atoms with E-state index in [1.54, 1.807) is 11.3 Å². The molecule has 5 heteroatoms. The monoisotopic (exact) mass is 330 g/mol. The maximum Gasteiger partial charge on any atom is 0.0937 e. The Labute approximate surface area is 118 Å². The van der Waals surface area contributed by atoms with Gasteiger partial charge in [-0.15, -0.1) is 11.3 Å². The molecule has 0 bridgehead atoms. The Hall–Kier alpha value is -0.420. The molecule has 0 aliphatic carbocycles. The van der Waals surface area contributed by atoms with Gasteiger partial charge in [-0.25, -0.2) is 4.98 Å². The predicted molar refractivity (Wildman–Crippen MR) is 76.7 cm³/mol. The maximum absolute atomic E-state index is 5.95. The average Bonchev–Trinajstić information content (AvgIpc) is 2.82. The van der Waals surface area contributed by atoms with Crippen LogP contribution in [0.25, 0.3) is 0 Å². The van der Waals surface area contributed by atoms with Gasteiger partial charge in [0.15, 0.2) is 0 Å². The minimum Gasteiger partial charge on any atom is -0.312 e. The first-order valence-electron chi connectivity index (χ1n) is 5.29. The summed E-state index contributed by atoms with van der Waals surface area (Å²) in [6.45, 7) is 1.74. The van der Waals surface area contributed by atoms with E-state index < -0.39 is 0 Å². The molecule has 0 amide bonds. The lowest BCUT2D eigenvalue weighted by Gasteiger charge is -2.06. The number of nitrogens with one attached hydrogen (secondary N) is 1. The SMILES string of the molecule is Clc1ccc(Br)c(CNCCc2nccs2)c1. The lowest BCUT2D eigenvalue weighted by molar-refractivity contribution is 0.683. The Balaban J connectivity index is 1.80. The molecule has 2 rings (SSSR count). The van der Waals surface area contributed by atoms with Gasteiger partial charge in [-0.2, -0.15) is 0 Å². The van der Waals surface area contributed by atoms with Crippen molar-refractivity contribution >= 4 is 38.9 Å². The molecule has 0 atom stereocenters. The Bertz CT molecular complexity index is 473. The number of benzene rings is 1. The molecule has 0 saturated carbocycles. The van der Waals surface area contributed by atoms with Gasteiger partial charge < -0.3 is 5.32 Å². The zero-order valence-corrected chi connectivity index (χ0v) is 12.3. The van der Waals surface area contributed by atoms with Crippen molar-refractivity contribution < 1.29 is 0 Å². The summed E-state index contributed by atoms with van der Waals surface area (Å²) in [6, 6.07) is 5.83. The first-order valence-corrected chi connectivity index (χ1v) is 7.34. The summed E-state index contributed by atoms with van der Waals surface area (Å²) in [5.74, 6) is 0. The number of halogens is 2. The van der Waals surface area contributed by atoms with Crippen LogP contribution in [0, 0.1) is 0 Å². The van der Waals surface area contributed by atoms with Crippen LogP contribution in [0.4, 0.5) is 0 Å². The van der Waals surface area contributed by atoms with Gasteiger partial charge in [-0.05, 0) is 23.8 Å². The summed E-state index contributed by atoms with van der Waals surface area (Å²) in [5.41, 5.74) is 1.18. The predicted octanol–water partition coefficient (Wildman–Crippen LogP) is 3.89. The number of nitrogens with zero attached hydrogens (tertiary/aromatic N) is 1. The number of hydrogen-bond acceptors (Lipinski definition) is 3. The average molecular weight is 332 g/mol. The van der Waals surface area contributed by atoms with E-state index in [4.69, 9.17) is 11.6 Å². The fraction of sp³-hybridized carbons (Fsp3) is 0.250. The van der Waals surface area contributed by atoms with E-state index in [0.29, 0.717) is 0 Å². The molecule has 0 radical (unpaired) electrons. The van der Waals surface area contributed by atoms with Crippen LogP contribution in [-0.4, -0.2) is 11.5 Å². The third-order valence-electron chi connectivity index (χ3n) is 2.32. The van der Waals surface area contributed by atoms with E-state index in [2.05, 4.69) is 26.2 Å². The molecular weight excluding hydrogens is 320 g/mol. The summed E-state index contributed by atoms with van der Waals surface area (Å²) in [7, 11) is 0. The molecule has 0 spiro atoms. The molecular formula is C12H12BrClN2S. The molecule has 1 aromatic heterocycles. The summed E-state index contributed by atoms with van der Waals surface area (Å²) in [5, 5.41) is 7.33. The summed E-state index contributed by atoms with van der Waals surface area (Å²) < 4.78 is 1.09. The van der Waals surface area contributed by atoms with Crippen molar-refractivity contribution in [1.29, 1.82) is 0 Å². The highest BCUT2D eigenvalue weighted by Gasteiger charge is 2.01. The third kappa shape index (κ3) is 4.07. The molecule has 0 aliphatic heterocycles. The van der Waals surface area contributed by atoms with E-state index in [9.17, 15) is 0 Å². The molecule has 1 heterocycles. The van der Waals surface area contributed by atoms with Gasteiger partial charge in [0.1, 0.15) is 0 Å². The van der Waals surface area contributed by atoms with Crippen molar-refractivity contribution in [3.63, 3.8) is 0 Å². The van der Waals surface area contributed by atoms with E-state index in [0.717, 1.165) is 29.0 Å². The van der Waals surface area contributed by atoms with Crippen LogP contribution in [0.5, 0.6) is 0 Å². The molecule has 2 aromatic rings. The smallest absolute Gasteiger partial charge is 0.0937 e. The Kier molecular flexibility index (Phi) is 4.98. The lowest BCUT2D eigenvalue weighted by atomic mass is 10.2. The van der Waals surface area contributed by atoms with Gasteiger partial charge >= 0.3 is 0 Å². The van der Waals surface area contributed by atoms with Crippen molar-refractivity contribution in [2.75, 3.05) is 6.54 Å². The standard InChI is InChI=1S/C12H12BrClN2S/c13-11-2-1-10(14)7-9(11)8-15-4-3-12-16-5-6-17-12/h1-2,5-7,15H,3-4,8H2. The Morgan fingerprint density at radius 1 is 1.41 bits per heavy atom. The van der Waals surface area contributed by atoms with Crippen LogP contribution < -0.4 is 5.32 Å². The highest BCUT2D eigenvalue weighted by atomic mass is 79.9. The Morgan fingerprint density at radius 2 is 2.29 bits per heavy atom. The van der Waals surface area contributed by atoms with Crippen molar-refractivity contribution in [1.82, 2.24) is 10.3 Å². The summed E-state index contributed by atoms with van der Waals surface area (Å²) >= 11 is 11.2. The first-order chi connectivity index (χ1) is 8.25. The van der Waals surface area contributed by atoms with E-state index in [-0.39, 0.29) is 0 Å². The van der Waals surface area contributed by atoms with Crippen LogP contribution in [0.1, 0.15) is 10.6 Å². The second-order valence-electron chi connectivity index (χ2n) is 3.59. The fourth-order valence-corrected chi connectivity index (χ4v) is 2.68. The zero-order chi connectivity index (χ0) is 12.1. The number of thiazole rings is 1. The number of rotatable bonds is 5. The molecule has 2 nitrogen and oxygen atoms in total. The number of aromatic nitrogens is 1. The fourth-order valence-electron chi connectivity index (χ4n) is 1.47. The quantitative estimate of drug-likeness (QED) is 0.841. The second-order valence-corrected chi connectivity index (χ2v) is 5.86. The van der Waals surface area contributed by atoms with Crippen molar-refractivity contribution in [2.45, 2.75) is 13.0 Å². The highest BCUT2D eigenvalue weighted by Crippen LogP contribution is 2.20.